The van der Waals surface area contributed by atoms with E-state index in [4.69, 9.17) is 11.6 Å². The van der Waals surface area contributed by atoms with Crippen molar-refractivity contribution in [1.29, 1.82) is 0 Å². The van der Waals surface area contributed by atoms with Gasteiger partial charge < -0.3 is 15.3 Å². The van der Waals surface area contributed by atoms with Gasteiger partial charge in [0.05, 0.1) is 17.6 Å². The van der Waals surface area contributed by atoms with Crippen molar-refractivity contribution in [3.05, 3.63) is 17.0 Å². The van der Waals surface area contributed by atoms with Crippen LogP contribution in [0.1, 0.15) is 18.9 Å². The van der Waals surface area contributed by atoms with E-state index < -0.39 is 5.41 Å². The van der Waals surface area contributed by atoms with Crippen LogP contribution in [0, 0.1) is 5.41 Å². The Labute approximate surface area is 116 Å². The summed E-state index contributed by atoms with van der Waals surface area (Å²) in [7, 11) is 1.64. The first-order valence-corrected chi connectivity index (χ1v) is 6.47. The zero-order valence-corrected chi connectivity index (χ0v) is 11.7. The number of nitrogens with one attached hydrogen (secondary N) is 1. The predicted octanol–water partition coefficient (Wildman–Crippen LogP) is 0.585. The van der Waals surface area contributed by atoms with Crippen LogP contribution in [0.25, 0.3) is 0 Å². The van der Waals surface area contributed by atoms with Crippen molar-refractivity contribution in [1.82, 2.24) is 15.3 Å². The molecule has 1 fully saturated rings. The average Bonchev–Trinajstić information content (AvgIpc) is 2.81. The molecule has 19 heavy (non-hydrogen) atoms. The lowest BCUT2D eigenvalue weighted by Gasteiger charge is -2.24. The molecule has 6 nitrogen and oxygen atoms in total. The van der Waals surface area contributed by atoms with Crippen LogP contribution in [0.15, 0.2) is 6.33 Å². The Morgan fingerprint density at radius 3 is 3.00 bits per heavy atom. The van der Waals surface area contributed by atoms with E-state index in [0.29, 0.717) is 24.5 Å². The Morgan fingerprint density at radius 1 is 1.63 bits per heavy atom. The second-order valence-electron chi connectivity index (χ2n) is 4.94. The molecule has 0 saturated carbocycles. The molecule has 2 rings (SSSR count). The third kappa shape index (κ3) is 2.50. The molecule has 2 heterocycles. The first-order chi connectivity index (χ1) is 9.01. The summed E-state index contributed by atoms with van der Waals surface area (Å²) in [5.41, 5.74) is 0.0594. The summed E-state index contributed by atoms with van der Waals surface area (Å²) < 4.78 is 0. The van der Waals surface area contributed by atoms with Crippen molar-refractivity contribution >= 4 is 23.3 Å². The van der Waals surface area contributed by atoms with Gasteiger partial charge in [0.15, 0.2) is 0 Å². The fraction of sp³-hybridized carbons (Fsp3) is 0.583. The van der Waals surface area contributed by atoms with Gasteiger partial charge in [-0.25, -0.2) is 9.97 Å². The molecule has 1 amide bonds. The van der Waals surface area contributed by atoms with Gasteiger partial charge >= 0.3 is 0 Å². The van der Waals surface area contributed by atoms with E-state index in [0.717, 1.165) is 6.42 Å². The Hall–Kier alpha value is -1.40. The maximum atomic E-state index is 11.9. The average molecular weight is 285 g/mol. The molecule has 1 aliphatic rings. The standard InChI is InChI=1S/C12H17ClN4O2/c1-12(11(19)14-2)3-4-17(6-12)10-8(5-18)9(13)15-7-16-10/h7,18H,3-6H2,1-2H3,(H,14,19). The van der Waals surface area contributed by atoms with E-state index >= 15 is 0 Å². The van der Waals surface area contributed by atoms with E-state index in [2.05, 4.69) is 15.3 Å². The molecule has 1 aromatic rings. The van der Waals surface area contributed by atoms with Gasteiger partial charge in [-0.15, -0.1) is 0 Å². The summed E-state index contributed by atoms with van der Waals surface area (Å²) in [4.78, 5) is 21.9. The van der Waals surface area contributed by atoms with Gasteiger partial charge in [0, 0.05) is 20.1 Å². The molecule has 1 aliphatic heterocycles. The zero-order valence-electron chi connectivity index (χ0n) is 11.0. The van der Waals surface area contributed by atoms with Gasteiger partial charge in [0.1, 0.15) is 17.3 Å². The van der Waals surface area contributed by atoms with E-state index in [1.165, 1.54) is 6.33 Å². The molecule has 1 atom stereocenters. The molecule has 2 N–H and O–H groups in total. The highest BCUT2D eigenvalue weighted by Gasteiger charge is 2.40. The van der Waals surface area contributed by atoms with Crippen molar-refractivity contribution in [2.45, 2.75) is 20.0 Å². The van der Waals surface area contributed by atoms with Gasteiger partial charge in [-0.1, -0.05) is 11.6 Å². The second kappa shape index (κ2) is 5.30. The lowest BCUT2D eigenvalue weighted by Crippen LogP contribution is -2.39. The normalized spacial score (nSPS) is 22.6. The predicted molar refractivity (Wildman–Crippen MR) is 72.0 cm³/mol. The maximum absolute atomic E-state index is 11.9. The Kier molecular flexibility index (Phi) is 3.91. The van der Waals surface area contributed by atoms with E-state index in [1.807, 2.05) is 11.8 Å². The van der Waals surface area contributed by atoms with E-state index in [1.54, 1.807) is 7.05 Å². The highest BCUT2D eigenvalue weighted by Crippen LogP contribution is 2.34. The number of aliphatic hydroxyl groups is 1. The molecule has 0 aromatic carbocycles. The van der Waals surface area contributed by atoms with Gasteiger partial charge in [-0.05, 0) is 13.3 Å². The quantitative estimate of drug-likeness (QED) is 0.794. The summed E-state index contributed by atoms with van der Waals surface area (Å²) in [5.74, 6) is 0.621. The van der Waals surface area contributed by atoms with Crippen LogP contribution in [-0.2, 0) is 11.4 Å². The summed E-state index contributed by atoms with van der Waals surface area (Å²) in [6.07, 6.45) is 2.10. The van der Waals surface area contributed by atoms with Crippen LogP contribution in [0.2, 0.25) is 5.15 Å². The SMILES string of the molecule is CNC(=O)C1(C)CCN(c2ncnc(Cl)c2CO)C1. The minimum absolute atomic E-state index is 0.0145. The van der Waals surface area contributed by atoms with Crippen LogP contribution >= 0.6 is 11.6 Å². The molecular formula is C12H17ClN4O2. The number of amides is 1. The monoisotopic (exact) mass is 284 g/mol. The number of aromatic nitrogens is 2. The first kappa shape index (κ1) is 14.0. The van der Waals surface area contributed by atoms with Crippen molar-refractivity contribution in [2.24, 2.45) is 5.41 Å². The Balaban J connectivity index is 2.27. The van der Waals surface area contributed by atoms with Crippen LogP contribution in [0.4, 0.5) is 5.82 Å². The van der Waals surface area contributed by atoms with Crippen molar-refractivity contribution in [2.75, 3.05) is 25.0 Å². The minimum Gasteiger partial charge on any atom is -0.391 e. The van der Waals surface area contributed by atoms with Crippen molar-refractivity contribution in [3.8, 4) is 0 Å². The van der Waals surface area contributed by atoms with Gasteiger partial charge in [-0.3, -0.25) is 4.79 Å². The molecule has 7 heteroatoms. The van der Waals surface area contributed by atoms with Gasteiger partial charge in [-0.2, -0.15) is 0 Å². The number of hydrogen-bond donors (Lipinski definition) is 2. The van der Waals surface area contributed by atoms with Crippen LogP contribution < -0.4 is 10.2 Å². The topological polar surface area (TPSA) is 78.4 Å². The molecule has 0 spiro atoms. The zero-order chi connectivity index (χ0) is 14.0. The molecule has 104 valence electrons. The number of nitrogens with zero attached hydrogens (tertiary/aromatic N) is 3. The summed E-state index contributed by atoms with van der Waals surface area (Å²) in [5, 5.41) is 12.3. The highest BCUT2D eigenvalue weighted by molar-refractivity contribution is 6.30. The number of rotatable bonds is 3. The molecule has 1 aromatic heterocycles. The Morgan fingerprint density at radius 2 is 2.37 bits per heavy atom. The molecular weight excluding hydrogens is 268 g/mol. The number of aliphatic hydroxyl groups excluding tert-OH is 1. The largest absolute Gasteiger partial charge is 0.391 e. The maximum Gasteiger partial charge on any atom is 0.227 e. The molecule has 1 unspecified atom stereocenters. The van der Waals surface area contributed by atoms with E-state index in [9.17, 15) is 9.90 Å². The third-order valence-corrected chi connectivity index (χ3v) is 3.90. The third-order valence-electron chi connectivity index (χ3n) is 3.58. The minimum atomic E-state index is -0.446. The van der Waals surface area contributed by atoms with Crippen molar-refractivity contribution < 1.29 is 9.90 Å². The van der Waals surface area contributed by atoms with Crippen molar-refractivity contribution in [3.63, 3.8) is 0 Å². The molecule has 0 aliphatic carbocycles. The van der Waals surface area contributed by atoms with Gasteiger partial charge in [0.25, 0.3) is 0 Å². The number of hydrogen-bond acceptors (Lipinski definition) is 5. The first-order valence-electron chi connectivity index (χ1n) is 6.09. The summed E-state index contributed by atoms with van der Waals surface area (Å²) in [6.45, 7) is 2.95. The van der Waals surface area contributed by atoms with Gasteiger partial charge in [0.2, 0.25) is 5.91 Å². The second-order valence-corrected chi connectivity index (χ2v) is 5.29. The molecule has 0 radical (unpaired) electrons. The van der Waals surface area contributed by atoms with Crippen LogP contribution in [-0.4, -0.2) is 41.1 Å². The van der Waals surface area contributed by atoms with Crippen LogP contribution in [0.5, 0.6) is 0 Å². The van der Waals surface area contributed by atoms with E-state index in [-0.39, 0.29) is 17.7 Å². The fourth-order valence-corrected chi connectivity index (χ4v) is 2.61. The number of halogens is 1. The molecule has 0 bridgehead atoms. The smallest absolute Gasteiger partial charge is 0.227 e. The number of anilines is 1. The molecule has 1 saturated heterocycles. The van der Waals surface area contributed by atoms with Crippen LogP contribution in [0.3, 0.4) is 0 Å². The number of carbonyl (C=O) groups is 1. The lowest BCUT2D eigenvalue weighted by molar-refractivity contribution is -0.128. The highest BCUT2D eigenvalue weighted by atomic mass is 35.5. The Bertz CT molecular complexity index is 497. The number of carbonyl (C=O) groups excluding carboxylic acids is 1. The summed E-state index contributed by atoms with van der Waals surface area (Å²) in [6, 6.07) is 0. The summed E-state index contributed by atoms with van der Waals surface area (Å²) >= 11 is 5.95. The fourth-order valence-electron chi connectivity index (χ4n) is 2.42. The lowest BCUT2D eigenvalue weighted by atomic mass is 9.89.